The summed E-state index contributed by atoms with van der Waals surface area (Å²) in [5, 5.41) is 8.08. The van der Waals surface area contributed by atoms with Crippen molar-refractivity contribution in [3.63, 3.8) is 0 Å². The largest absolute Gasteiger partial charge is 0.441 e. The van der Waals surface area contributed by atoms with Crippen LogP contribution in [0.4, 0.5) is 4.39 Å². The monoisotopic (exact) mass is 997 g/mol. The lowest BCUT2D eigenvalue weighted by Gasteiger charge is -2.41. The van der Waals surface area contributed by atoms with Crippen molar-refractivity contribution in [2.24, 2.45) is 16.7 Å². The molecule has 0 saturated carbocycles. The van der Waals surface area contributed by atoms with Crippen molar-refractivity contribution in [2.45, 2.75) is 130 Å². The average molecular weight is 997 g/mol. The summed E-state index contributed by atoms with van der Waals surface area (Å²) in [5.41, 5.74) is 7.98. The maximum atomic E-state index is 13.8. The van der Waals surface area contributed by atoms with Crippen molar-refractivity contribution in [1.29, 1.82) is 0 Å². The number of oxazole rings is 1. The predicted octanol–water partition coefficient (Wildman–Crippen LogP) is 6.66. The highest BCUT2D eigenvalue weighted by Gasteiger charge is 2.35. The van der Waals surface area contributed by atoms with Crippen molar-refractivity contribution in [3.8, 4) is 34.4 Å². The molecule has 18 nitrogen and oxygen atoms in total. The first-order chi connectivity index (χ1) is 34.3. The lowest BCUT2D eigenvalue weighted by Crippen LogP contribution is -2.59. The van der Waals surface area contributed by atoms with Crippen LogP contribution in [0, 0.1) is 28.1 Å². The predicted molar refractivity (Wildman–Crippen MR) is 272 cm³/mol. The molecular formula is C53H73FN10O8. The van der Waals surface area contributed by atoms with Gasteiger partial charge in [-0.15, -0.1) is 4.91 Å². The Bertz CT molecular complexity index is 2590. The molecule has 72 heavy (non-hydrogen) atoms. The average Bonchev–Trinajstić information content (AvgIpc) is 4.08. The SMILES string of the molecule is CC(C)(C#CC(=O)N1CCC(F)C1)N1CCC1.CCn1c(-c2cccnc2C(C)OC)c(CC(C)(C)CON=O)c2cc(-c3cnc(CC(NC(=O)C(C(C)C)N(C)C=O)C(=O)N4CCCCN4)o3)ccc21. The van der Waals surface area contributed by atoms with Gasteiger partial charge in [-0.05, 0) is 108 Å². The molecule has 3 aliphatic rings. The summed E-state index contributed by atoms with van der Waals surface area (Å²) in [7, 11) is 3.21. The van der Waals surface area contributed by atoms with E-state index in [2.05, 4.69) is 67.5 Å². The zero-order chi connectivity index (χ0) is 52.3. The number of hydrazine groups is 1. The van der Waals surface area contributed by atoms with E-state index in [-0.39, 0.29) is 54.8 Å². The number of methoxy groups -OCH3 is 1. The van der Waals surface area contributed by atoms with Gasteiger partial charge in [-0.1, -0.05) is 33.6 Å². The van der Waals surface area contributed by atoms with E-state index in [1.165, 1.54) is 21.2 Å². The number of likely N-dealkylation sites (tertiary alicyclic amines) is 2. The van der Waals surface area contributed by atoms with Crippen LogP contribution >= 0.6 is 0 Å². The summed E-state index contributed by atoms with van der Waals surface area (Å²) in [4.78, 5) is 81.1. The number of amides is 4. The Hall–Kier alpha value is -6.23. The van der Waals surface area contributed by atoms with Crippen LogP contribution in [0.15, 0.2) is 52.5 Å². The Labute approximate surface area is 422 Å². The number of benzene rings is 1. The molecule has 6 heterocycles. The third-order valence-electron chi connectivity index (χ3n) is 13.7. The van der Waals surface area contributed by atoms with E-state index in [1.807, 2.05) is 60.6 Å². The number of carbonyl (C=O) groups excluding carboxylic acids is 4. The van der Waals surface area contributed by atoms with Gasteiger partial charge in [0.05, 0.1) is 42.2 Å². The maximum absolute atomic E-state index is 13.8. The van der Waals surface area contributed by atoms with Gasteiger partial charge >= 0.3 is 0 Å². The molecule has 0 spiro atoms. The Morgan fingerprint density at radius 3 is 2.46 bits per heavy atom. The molecule has 3 fully saturated rings. The number of pyridine rings is 1. The number of ether oxygens (including phenoxy) is 1. The van der Waals surface area contributed by atoms with Crippen LogP contribution in [0.3, 0.4) is 0 Å². The second-order valence-corrected chi connectivity index (χ2v) is 20.5. The van der Waals surface area contributed by atoms with Crippen LogP contribution in [-0.4, -0.2) is 142 Å². The second-order valence-electron chi connectivity index (χ2n) is 20.5. The smallest absolute Gasteiger partial charge is 0.298 e. The first-order valence-corrected chi connectivity index (χ1v) is 25.1. The fourth-order valence-electron chi connectivity index (χ4n) is 9.58. The van der Waals surface area contributed by atoms with Gasteiger partial charge < -0.3 is 33.7 Å². The molecule has 19 heteroatoms. The normalized spacial score (nSPS) is 17.5. The van der Waals surface area contributed by atoms with Gasteiger partial charge in [0, 0.05) is 87.1 Å². The zero-order valence-corrected chi connectivity index (χ0v) is 43.6. The maximum Gasteiger partial charge on any atom is 0.298 e. The van der Waals surface area contributed by atoms with Gasteiger partial charge in [0.2, 0.25) is 12.3 Å². The summed E-state index contributed by atoms with van der Waals surface area (Å²) in [6, 6.07) is 8.31. The fourth-order valence-corrected chi connectivity index (χ4v) is 9.58. The molecular weight excluding hydrogens is 924 g/mol. The van der Waals surface area contributed by atoms with Crippen molar-refractivity contribution in [2.75, 3.05) is 60.0 Å². The van der Waals surface area contributed by atoms with Gasteiger partial charge in [0.25, 0.3) is 11.8 Å². The molecule has 7 rings (SSSR count). The standard InChI is InChI=1S/C40H54N8O7.C13H19FN2O/c1-9-47-32-15-14-27(19-29(32)30(21-40(5,6)23-54-45-52)37(47)28-13-12-16-41-35(28)26(4)53-8)33-22-42-34(55-33)20-31(39(51)48-18-11-10-17-43-48)44-38(50)36(25(2)3)46(7)24-49;1-13(2,16-7-3-8-16)6-4-12(17)15-9-5-11(14)10-15/h12-16,19,22,24-26,31,36,43H,9-11,17-18,20-21,23H2,1-8H3,(H,44,50);11H,3,5,7-10H2,1-2H3. The summed E-state index contributed by atoms with van der Waals surface area (Å²) in [6.07, 6.45) is 6.84. The number of alkyl halides is 1. The van der Waals surface area contributed by atoms with Gasteiger partial charge in [-0.3, -0.25) is 34.1 Å². The molecule has 4 atom stereocenters. The van der Waals surface area contributed by atoms with E-state index in [1.54, 1.807) is 26.6 Å². The number of likely N-dealkylation sites (N-methyl/N-ethyl adjacent to an activating group) is 1. The molecule has 3 aliphatic heterocycles. The minimum Gasteiger partial charge on any atom is -0.441 e. The van der Waals surface area contributed by atoms with Crippen molar-refractivity contribution in [3.05, 3.63) is 64.8 Å². The van der Waals surface area contributed by atoms with Gasteiger partial charge in [-0.25, -0.2) is 14.8 Å². The second kappa shape index (κ2) is 24.5. The van der Waals surface area contributed by atoms with Crippen LogP contribution in [0.1, 0.15) is 104 Å². The molecule has 0 aliphatic carbocycles. The van der Waals surface area contributed by atoms with E-state index in [0.29, 0.717) is 51.2 Å². The Balaban J connectivity index is 0.000000418. The molecule has 4 aromatic rings. The molecule has 0 bridgehead atoms. The van der Waals surface area contributed by atoms with Gasteiger partial charge in [0.15, 0.2) is 17.0 Å². The van der Waals surface area contributed by atoms with Gasteiger partial charge in [-0.2, -0.15) is 0 Å². The number of rotatable bonds is 19. The highest BCUT2D eigenvalue weighted by atomic mass is 19.1. The number of aryl methyl sites for hydroxylation is 1. The van der Waals surface area contributed by atoms with Crippen LogP contribution in [-0.2, 0) is 48.1 Å². The minimum atomic E-state index is -0.991. The number of fused-ring (bicyclic) bond motifs is 1. The molecule has 2 N–H and O–H groups in total. The van der Waals surface area contributed by atoms with E-state index in [0.717, 1.165) is 64.9 Å². The number of carbonyl (C=O) groups is 4. The van der Waals surface area contributed by atoms with Crippen molar-refractivity contribution in [1.82, 2.24) is 45.0 Å². The third kappa shape index (κ3) is 13.2. The number of halogens is 1. The van der Waals surface area contributed by atoms with Crippen molar-refractivity contribution < 1.29 is 37.6 Å². The zero-order valence-electron chi connectivity index (χ0n) is 43.6. The number of nitrogens with zero attached hydrogens (tertiary/aromatic N) is 8. The summed E-state index contributed by atoms with van der Waals surface area (Å²) < 4.78 is 27.3. The van der Waals surface area contributed by atoms with Gasteiger partial charge in [0.1, 0.15) is 24.9 Å². The molecule has 3 aromatic heterocycles. The lowest BCUT2D eigenvalue weighted by molar-refractivity contribution is -0.142. The molecule has 3 saturated heterocycles. The first kappa shape index (κ1) is 55.1. The van der Waals surface area contributed by atoms with Crippen LogP contribution in [0.2, 0.25) is 0 Å². The Morgan fingerprint density at radius 1 is 1.08 bits per heavy atom. The Morgan fingerprint density at radius 2 is 1.85 bits per heavy atom. The lowest BCUT2D eigenvalue weighted by atomic mass is 9.84. The summed E-state index contributed by atoms with van der Waals surface area (Å²) >= 11 is 0. The van der Waals surface area contributed by atoms with E-state index in [4.69, 9.17) is 19.0 Å². The summed E-state index contributed by atoms with van der Waals surface area (Å²) in [6.45, 7) is 20.6. The molecule has 0 radical (unpaired) electrons. The third-order valence-corrected chi connectivity index (χ3v) is 13.7. The minimum absolute atomic E-state index is 0.00263. The van der Waals surface area contributed by atoms with Crippen LogP contribution in [0.25, 0.3) is 33.5 Å². The Kier molecular flexibility index (Phi) is 18.7. The number of hydrogen-bond donors (Lipinski definition) is 2. The van der Waals surface area contributed by atoms with E-state index in [9.17, 15) is 28.5 Å². The van der Waals surface area contributed by atoms with Crippen molar-refractivity contribution >= 4 is 35.0 Å². The highest BCUT2D eigenvalue weighted by Crippen LogP contribution is 2.42. The molecule has 4 unspecified atom stereocenters. The fraction of sp³-hybridized carbons (Fsp3) is 0.585. The first-order valence-electron chi connectivity index (χ1n) is 25.1. The highest BCUT2D eigenvalue weighted by molar-refractivity contribution is 5.95. The number of hydrogen-bond acceptors (Lipinski definition) is 13. The molecule has 1 aromatic carbocycles. The number of aromatic nitrogens is 3. The van der Waals surface area contributed by atoms with Crippen LogP contribution in [0.5, 0.6) is 0 Å². The van der Waals surface area contributed by atoms with E-state index >= 15 is 0 Å². The van der Waals surface area contributed by atoms with Crippen LogP contribution < -0.4 is 10.7 Å². The molecule has 4 amide bonds. The topological polar surface area (TPSA) is 197 Å². The molecule has 390 valence electrons. The summed E-state index contributed by atoms with van der Waals surface area (Å²) in [5.74, 6) is 5.27. The number of nitrogens with one attached hydrogen (secondary N) is 2. The van der Waals surface area contributed by atoms with E-state index < -0.39 is 29.6 Å². The quantitative estimate of drug-likeness (QED) is 0.0439.